The average molecular weight is 309 g/mol. The normalized spacial score (nSPS) is 12.9. The van der Waals surface area contributed by atoms with Crippen LogP contribution in [0.15, 0.2) is 27.1 Å². The minimum Gasteiger partial charge on any atom is -0.383 e. The second kappa shape index (κ2) is 5.10. The van der Waals surface area contributed by atoms with E-state index in [0.29, 0.717) is 6.61 Å². The first-order valence-corrected chi connectivity index (χ1v) is 5.43. The molecule has 1 rings (SSSR count). The van der Waals surface area contributed by atoms with E-state index in [2.05, 4.69) is 31.9 Å². The predicted molar refractivity (Wildman–Crippen MR) is 60.6 cm³/mol. The van der Waals surface area contributed by atoms with E-state index in [1.807, 2.05) is 18.2 Å². The number of nitrogens with two attached hydrogens (primary N) is 1. The van der Waals surface area contributed by atoms with Crippen LogP contribution in [-0.4, -0.2) is 13.7 Å². The van der Waals surface area contributed by atoms with Gasteiger partial charge in [-0.05, 0) is 23.8 Å². The molecule has 2 nitrogen and oxygen atoms in total. The summed E-state index contributed by atoms with van der Waals surface area (Å²) in [6.45, 7) is 0.523. The summed E-state index contributed by atoms with van der Waals surface area (Å²) < 4.78 is 7.03. The number of ether oxygens (including phenoxy) is 1. The van der Waals surface area contributed by atoms with E-state index in [1.54, 1.807) is 7.11 Å². The topological polar surface area (TPSA) is 35.2 Å². The molecule has 1 aromatic carbocycles. The third-order valence-electron chi connectivity index (χ3n) is 1.70. The van der Waals surface area contributed by atoms with Gasteiger partial charge in [-0.15, -0.1) is 0 Å². The molecule has 1 aromatic rings. The first kappa shape index (κ1) is 11.2. The monoisotopic (exact) mass is 307 g/mol. The van der Waals surface area contributed by atoms with E-state index in [4.69, 9.17) is 10.5 Å². The Kier molecular flexibility index (Phi) is 4.38. The van der Waals surface area contributed by atoms with Crippen molar-refractivity contribution in [3.8, 4) is 0 Å². The molecule has 0 heterocycles. The first-order valence-electron chi connectivity index (χ1n) is 3.84. The van der Waals surface area contributed by atoms with Crippen LogP contribution in [0.25, 0.3) is 0 Å². The van der Waals surface area contributed by atoms with Crippen molar-refractivity contribution in [3.63, 3.8) is 0 Å². The average Bonchev–Trinajstić information content (AvgIpc) is 2.09. The molecule has 2 N–H and O–H groups in total. The van der Waals surface area contributed by atoms with Crippen LogP contribution in [0.1, 0.15) is 11.6 Å². The third-order valence-corrected chi connectivity index (χ3v) is 2.92. The minimum absolute atomic E-state index is 0.0862. The van der Waals surface area contributed by atoms with Gasteiger partial charge >= 0.3 is 0 Å². The van der Waals surface area contributed by atoms with Crippen LogP contribution < -0.4 is 5.73 Å². The Morgan fingerprint density at radius 3 is 2.77 bits per heavy atom. The molecule has 0 aliphatic carbocycles. The maximum atomic E-state index is 5.90. The molecule has 0 aliphatic rings. The lowest BCUT2D eigenvalue weighted by atomic mass is 10.1. The Labute approximate surface area is 94.7 Å². The molecule has 0 aromatic heterocycles. The Morgan fingerprint density at radius 1 is 1.46 bits per heavy atom. The molecule has 0 spiro atoms. The van der Waals surface area contributed by atoms with Gasteiger partial charge in [0, 0.05) is 16.1 Å². The van der Waals surface area contributed by atoms with E-state index >= 15 is 0 Å². The number of hydrogen-bond acceptors (Lipinski definition) is 2. The quantitative estimate of drug-likeness (QED) is 0.932. The number of rotatable bonds is 3. The summed E-state index contributed by atoms with van der Waals surface area (Å²) >= 11 is 6.84. The minimum atomic E-state index is -0.0862. The molecule has 0 saturated carbocycles. The highest BCUT2D eigenvalue weighted by molar-refractivity contribution is 9.11. The zero-order valence-electron chi connectivity index (χ0n) is 7.26. The van der Waals surface area contributed by atoms with E-state index in [1.165, 1.54) is 0 Å². The molecular weight excluding hydrogens is 298 g/mol. The summed E-state index contributed by atoms with van der Waals surface area (Å²) in [7, 11) is 1.64. The molecule has 72 valence electrons. The summed E-state index contributed by atoms with van der Waals surface area (Å²) in [6, 6.07) is 5.84. The lowest BCUT2D eigenvalue weighted by molar-refractivity contribution is 0.180. The fourth-order valence-corrected chi connectivity index (χ4v) is 1.99. The number of benzene rings is 1. The fourth-order valence-electron chi connectivity index (χ4n) is 1.07. The van der Waals surface area contributed by atoms with Crippen LogP contribution in [0.4, 0.5) is 0 Å². The van der Waals surface area contributed by atoms with E-state index < -0.39 is 0 Å². The Morgan fingerprint density at radius 2 is 2.15 bits per heavy atom. The number of methoxy groups -OCH3 is 1. The van der Waals surface area contributed by atoms with E-state index in [0.717, 1.165) is 14.5 Å². The van der Waals surface area contributed by atoms with Crippen molar-refractivity contribution < 1.29 is 4.74 Å². The van der Waals surface area contributed by atoms with Gasteiger partial charge in [0.05, 0.1) is 12.6 Å². The van der Waals surface area contributed by atoms with Crippen LogP contribution in [0.5, 0.6) is 0 Å². The molecule has 4 heteroatoms. The molecular formula is C9H11Br2NO. The van der Waals surface area contributed by atoms with Gasteiger partial charge in [0.15, 0.2) is 0 Å². The SMILES string of the molecule is COC[C@H](N)c1cc(Br)ccc1Br. The van der Waals surface area contributed by atoms with Gasteiger partial charge in [-0.2, -0.15) is 0 Å². The highest BCUT2D eigenvalue weighted by Crippen LogP contribution is 2.25. The third kappa shape index (κ3) is 3.06. The van der Waals surface area contributed by atoms with Gasteiger partial charge in [0.1, 0.15) is 0 Å². The van der Waals surface area contributed by atoms with Crippen molar-refractivity contribution in [2.75, 3.05) is 13.7 Å². The highest BCUT2D eigenvalue weighted by atomic mass is 79.9. The molecule has 0 aliphatic heterocycles. The lowest BCUT2D eigenvalue weighted by Gasteiger charge is -2.12. The molecule has 0 amide bonds. The van der Waals surface area contributed by atoms with Crippen LogP contribution in [0.2, 0.25) is 0 Å². The maximum Gasteiger partial charge on any atom is 0.0655 e. The van der Waals surface area contributed by atoms with Crippen molar-refractivity contribution in [1.29, 1.82) is 0 Å². The zero-order chi connectivity index (χ0) is 9.84. The van der Waals surface area contributed by atoms with Gasteiger partial charge in [-0.1, -0.05) is 31.9 Å². The van der Waals surface area contributed by atoms with Gasteiger partial charge in [-0.3, -0.25) is 0 Å². The molecule has 0 fully saturated rings. The van der Waals surface area contributed by atoms with E-state index in [-0.39, 0.29) is 6.04 Å². The number of hydrogen-bond donors (Lipinski definition) is 1. The molecule has 13 heavy (non-hydrogen) atoms. The second-order valence-electron chi connectivity index (χ2n) is 2.73. The largest absolute Gasteiger partial charge is 0.383 e. The summed E-state index contributed by atoms with van der Waals surface area (Å²) in [5.74, 6) is 0. The molecule has 0 saturated heterocycles. The van der Waals surface area contributed by atoms with Crippen LogP contribution in [0, 0.1) is 0 Å². The fraction of sp³-hybridized carbons (Fsp3) is 0.333. The Bertz CT molecular complexity index is 291. The molecule has 1 atom stereocenters. The predicted octanol–water partition coefficient (Wildman–Crippen LogP) is 2.86. The second-order valence-corrected chi connectivity index (χ2v) is 4.50. The standard InChI is InChI=1S/C9H11Br2NO/c1-13-5-9(12)7-4-6(10)2-3-8(7)11/h2-4,9H,5,12H2,1H3/t9-/m0/s1. The smallest absolute Gasteiger partial charge is 0.0655 e. The maximum absolute atomic E-state index is 5.90. The summed E-state index contributed by atoms with van der Waals surface area (Å²) in [5, 5.41) is 0. The first-order chi connectivity index (χ1) is 6.15. The highest BCUT2D eigenvalue weighted by Gasteiger charge is 2.09. The number of halogens is 2. The Hall–Kier alpha value is 0.1000. The van der Waals surface area contributed by atoms with Crippen molar-refractivity contribution in [2.45, 2.75) is 6.04 Å². The summed E-state index contributed by atoms with van der Waals surface area (Å²) in [5.41, 5.74) is 6.95. The van der Waals surface area contributed by atoms with Crippen molar-refractivity contribution >= 4 is 31.9 Å². The van der Waals surface area contributed by atoms with E-state index in [9.17, 15) is 0 Å². The van der Waals surface area contributed by atoms with Gasteiger partial charge in [0.2, 0.25) is 0 Å². The van der Waals surface area contributed by atoms with Gasteiger partial charge in [0.25, 0.3) is 0 Å². The Balaban J connectivity index is 2.91. The van der Waals surface area contributed by atoms with Gasteiger partial charge < -0.3 is 10.5 Å². The van der Waals surface area contributed by atoms with Gasteiger partial charge in [-0.25, -0.2) is 0 Å². The van der Waals surface area contributed by atoms with Crippen molar-refractivity contribution in [2.24, 2.45) is 5.73 Å². The van der Waals surface area contributed by atoms with Crippen LogP contribution >= 0.6 is 31.9 Å². The van der Waals surface area contributed by atoms with Crippen LogP contribution in [0.3, 0.4) is 0 Å². The summed E-state index contributed by atoms with van der Waals surface area (Å²) in [4.78, 5) is 0. The molecule has 0 bridgehead atoms. The lowest BCUT2D eigenvalue weighted by Crippen LogP contribution is -2.16. The summed E-state index contributed by atoms with van der Waals surface area (Å²) in [6.07, 6.45) is 0. The zero-order valence-corrected chi connectivity index (χ0v) is 10.4. The molecule has 0 unspecified atom stereocenters. The van der Waals surface area contributed by atoms with Crippen molar-refractivity contribution in [3.05, 3.63) is 32.7 Å². The van der Waals surface area contributed by atoms with Crippen LogP contribution in [-0.2, 0) is 4.74 Å². The molecule has 0 radical (unpaired) electrons. The van der Waals surface area contributed by atoms with Crippen molar-refractivity contribution in [1.82, 2.24) is 0 Å².